The summed E-state index contributed by atoms with van der Waals surface area (Å²) in [5, 5.41) is 4.07. The van der Waals surface area contributed by atoms with Gasteiger partial charge >= 0.3 is 0 Å². The standard InChI is InChI=1S/C24H23Cl2N3OS/c1-5-29-19-10-9-15(11-16(19)14(2)13-24(29,3)4)12-20-22(30)28-23(31-20)27-18-8-6-7-17(25)21(18)26/h6-13H,5H2,1-4H3,(H,27,28,30)/b20-12+. The SMILES string of the molecule is CCN1c2ccc(/C=C3/SC(=Nc4cccc(Cl)c4Cl)NC3=O)cc2C(C)=CC1(C)C. The number of allylic oxidation sites excluding steroid dienone is 1. The number of anilines is 1. The molecule has 1 fully saturated rings. The Morgan fingerprint density at radius 2 is 2.00 bits per heavy atom. The summed E-state index contributed by atoms with van der Waals surface area (Å²) >= 11 is 13.6. The van der Waals surface area contributed by atoms with Gasteiger partial charge in [0.15, 0.2) is 5.17 Å². The van der Waals surface area contributed by atoms with E-state index in [4.69, 9.17) is 23.2 Å². The summed E-state index contributed by atoms with van der Waals surface area (Å²) < 4.78 is 0. The van der Waals surface area contributed by atoms with E-state index >= 15 is 0 Å². The average molecular weight is 472 g/mol. The average Bonchev–Trinajstić information content (AvgIpc) is 3.04. The Hall–Kier alpha value is -2.21. The molecule has 2 aliphatic heterocycles. The third-order valence-corrected chi connectivity index (χ3v) is 7.14. The van der Waals surface area contributed by atoms with Gasteiger partial charge in [0, 0.05) is 17.8 Å². The Morgan fingerprint density at radius 3 is 2.74 bits per heavy atom. The van der Waals surface area contributed by atoms with Crippen LogP contribution in [0.3, 0.4) is 0 Å². The molecule has 1 saturated heterocycles. The fourth-order valence-corrected chi connectivity index (χ4v) is 5.26. The number of fused-ring (bicyclic) bond motifs is 1. The van der Waals surface area contributed by atoms with Crippen LogP contribution in [0.25, 0.3) is 11.6 Å². The van der Waals surface area contributed by atoms with Gasteiger partial charge in [-0.05, 0) is 80.9 Å². The van der Waals surface area contributed by atoms with Crippen LogP contribution in [0.15, 0.2) is 52.4 Å². The molecule has 160 valence electrons. The van der Waals surface area contributed by atoms with E-state index in [1.807, 2.05) is 6.08 Å². The Balaban J connectivity index is 1.64. The summed E-state index contributed by atoms with van der Waals surface area (Å²) in [7, 11) is 0. The summed E-state index contributed by atoms with van der Waals surface area (Å²) in [6, 6.07) is 11.6. The first-order valence-corrected chi connectivity index (χ1v) is 11.6. The summed E-state index contributed by atoms with van der Waals surface area (Å²) in [4.78, 5) is 19.9. The van der Waals surface area contributed by atoms with Gasteiger partial charge in [-0.3, -0.25) is 4.79 Å². The molecule has 0 saturated carbocycles. The minimum atomic E-state index is -0.178. The molecule has 0 aromatic heterocycles. The van der Waals surface area contributed by atoms with Crippen LogP contribution in [0, 0.1) is 0 Å². The van der Waals surface area contributed by atoms with Crippen molar-refractivity contribution >= 4 is 69.1 Å². The van der Waals surface area contributed by atoms with E-state index in [1.165, 1.54) is 28.6 Å². The number of likely N-dealkylation sites (N-methyl/N-ethyl adjacent to an activating group) is 1. The first-order valence-electron chi connectivity index (χ1n) is 10.0. The zero-order valence-electron chi connectivity index (χ0n) is 17.8. The van der Waals surface area contributed by atoms with Gasteiger partial charge in [0.1, 0.15) is 0 Å². The fourth-order valence-electron chi connectivity index (χ4n) is 4.09. The number of nitrogens with one attached hydrogen (secondary N) is 1. The maximum absolute atomic E-state index is 12.5. The molecule has 0 unspecified atom stereocenters. The maximum atomic E-state index is 12.5. The van der Waals surface area contributed by atoms with Gasteiger partial charge < -0.3 is 10.2 Å². The third kappa shape index (κ3) is 4.27. The fraction of sp³-hybridized carbons (Fsp3) is 0.250. The number of hydrogen-bond donors (Lipinski definition) is 1. The van der Waals surface area contributed by atoms with Gasteiger partial charge in [0.25, 0.3) is 5.91 Å². The van der Waals surface area contributed by atoms with E-state index in [0.717, 1.165) is 12.1 Å². The van der Waals surface area contributed by atoms with Crippen LogP contribution in [-0.4, -0.2) is 23.2 Å². The molecule has 0 bridgehead atoms. The molecule has 0 spiro atoms. The van der Waals surface area contributed by atoms with E-state index in [2.05, 4.69) is 67.2 Å². The molecule has 4 nitrogen and oxygen atoms in total. The van der Waals surface area contributed by atoms with Gasteiger partial charge in [0.05, 0.1) is 26.2 Å². The number of nitrogens with zero attached hydrogens (tertiary/aromatic N) is 2. The van der Waals surface area contributed by atoms with Crippen LogP contribution in [0.2, 0.25) is 10.0 Å². The third-order valence-electron chi connectivity index (χ3n) is 5.42. The van der Waals surface area contributed by atoms with Crippen molar-refractivity contribution in [3.63, 3.8) is 0 Å². The molecule has 0 aliphatic carbocycles. The molecule has 4 rings (SSSR count). The molecule has 1 N–H and O–H groups in total. The second-order valence-corrected chi connectivity index (χ2v) is 9.87. The van der Waals surface area contributed by atoms with Gasteiger partial charge in [-0.15, -0.1) is 0 Å². The quantitative estimate of drug-likeness (QED) is 0.494. The van der Waals surface area contributed by atoms with Crippen molar-refractivity contribution < 1.29 is 4.79 Å². The molecule has 7 heteroatoms. The Morgan fingerprint density at radius 1 is 1.23 bits per heavy atom. The lowest BCUT2D eigenvalue weighted by Crippen LogP contribution is -2.44. The predicted molar refractivity (Wildman–Crippen MR) is 134 cm³/mol. The topological polar surface area (TPSA) is 44.7 Å². The molecule has 2 aliphatic rings. The Labute approximate surface area is 197 Å². The molecule has 31 heavy (non-hydrogen) atoms. The van der Waals surface area contributed by atoms with Gasteiger partial charge in [-0.2, -0.15) is 0 Å². The van der Waals surface area contributed by atoms with Crippen molar-refractivity contribution in [2.24, 2.45) is 4.99 Å². The number of amidine groups is 1. The van der Waals surface area contributed by atoms with Crippen LogP contribution >= 0.6 is 35.0 Å². The number of thioether (sulfide) groups is 1. The monoisotopic (exact) mass is 471 g/mol. The number of carbonyl (C=O) groups excluding carboxylic acids is 1. The molecular weight excluding hydrogens is 449 g/mol. The van der Waals surface area contributed by atoms with Crippen LogP contribution < -0.4 is 10.2 Å². The lowest BCUT2D eigenvalue weighted by molar-refractivity contribution is -0.115. The van der Waals surface area contributed by atoms with E-state index in [0.29, 0.717) is 25.8 Å². The Kier molecular flexibility index (Phi) is 5.95. The lowest BCUT2D eigenvalue weighted by Gasteiger charge is -2.42. The van der Waals surface area contributed by atoms with Crippen molar-refractivity contribution in [2.75, 3.05) is 11.4 Å². The highest BCUT2D eigenvalue weighted by molar-refractivity contribution is 8.18. The normalized spacial score (nSPS) is 20.1. The zero-order valence-corrected chi connectivity index (χ0v) is 20.1. The number of carbonyl (C=O) groups is 1. The number of benzene rings is 2. The van der Waals surface area contributed by atoms with E-state index in [1.54, 1.807) is 18.2 Å². The summed E-state index contributed by atoms with van der Waals surface area (Å²) in [6.45, 7) is 9.69. The smallest absolute Gasteiger partial charge is 0.264 e. The van der Waals surface area contributed by atoms with Crippen LogP contribution in [0.5, 0.6) is 0 Å². The second-order valence-electron chi connectivity index (χ2n) is 8.06. The van der Waals surface area contributed by atoms with Crippen molar-refractivity contribution in [3.8, 4) is 0 Å². The number of aliphatic imine (C=N–C) groups is 1. The molecule has 2 aromatic carbocycles. The van der Waals surface area contributed by atoms with Gasteiger partial charge in [-0.1, -0.05) is 41.4 Å². The van der Waals surface area contributed by atoms with E-state index < -0.39 is 0 Å². The van der Waals surface area contributed by atoms with Crippen LogP contribution in [0.1, 0.15) is 38.8 Å². The summed E-state index contributed by atoms with van der Waals surface area (Å²) in [6.07, 6.45) is 4.19. The maximum Gasteiger partial charge on any atom is 0.264 e. The summed E-state index contributed by atoms with van der Waals surface area (Å²) in [5.74, 6) is -0.178. The highest BCUT2D eigenvalue weighted by Gasteiger charge is 2.30. The van der Waals surface area contributed by atoms with Crippen LogP contribution in [-0.2, 0) is 4.79 Å². The van der Waals surface area contributed by atoms with Crippen molar-refractivity contribution in [1.29, 1.82) is 0 Å². The highest BCUT2D eigenvalue weighted by atomic mass is 35.5. The molecule has 2 aromatic rings. The first-order chi connectivity index (χ1) is 14.7. The largest absolute Gasteiger partial charge is 0.363 e. The minimum Gasteiger partial charge on any atom is -0.363 e. The molecule has 2 heterocycles. The molecule has 1 amide bonds. The Bertz CT molecular complexity index is 1170. The van der Waals surface area contributed by atoms with Crippen molar-refractivity contribution in [3.05, 3.63) is 68.6 Å². The van der Waals surface area contributed by atoms with Crippen molar-refractivity contribution in [2.45, 2.75) is 33.2 Å². The highest BCUT2D eigenvalue weighted by Crippen LogP contribution is 2.40. The predicted octanol–water partition coefficient (Wildman–Crippen LogP) is 6.91. The van der Waals surface area contributed by atoms with E-state index in [9.17, 15) is 4.79 Å². The zero-order chi connectivity index (χ0) is 22.3. The first kappa shape index (κ1) is 22.0. The molecule has 0 atom stereocenters. The minimum absolute atomic E-state index is 0.0278. The van der Waals surface area contributed by atoms with Crippen molar-refractivity contribution in [1.82, 2.24) is 5.32 Å². The van der Waals surface area contributed by atoms with Gasteiger partial charge in [-0.25, -0.2) is 4.99 Å². The molecule has 0 radical (unpaired) electrons. The number of halogens is 2. The number of rotatable bonds is 3. The lowest BCUT2D eigenvalue weighted by atomic mass is 9.88. The second kappa shape index (κ2) is 8.38. The summed E-state index contributed by atoms with van der Waals surface area (Å²) in [5.41, 5.74) is 5.12. The van der Waals surface area contributed by atoms with Gasteiger partial charge in [0.2, 0.25) is 0 Å². The van der Waals surface area contributed by atoms with Crippen LogP contribution in [0.4, 0.5) is 11.4 Å². The van der Waals surface area contributed by atoms with E-state index in [-0.39, 0.29) is 11.4 Å². The number of hydrogen-bond acceptors (Lipinski definition) is 4. The molecular formula is C24H23Cl2N3OS. The number of amides is 1.